The predicted octanol–water partition coefficient (Wildman–Crippen LogP) is 5.65. The minimum absolute atomic E-state index is 0.267. The molecule has 38 heavy (non-hydrogen) atoms. The number of nitrogens with one attached hydrogen (secondary N) is 1. The first-order chi connectivity index (χ1) is 18.3. The van der Waals surface area contributed by atoms with Gasteiger partial charge in [0.05, 0.1) is 11.3 Å². The summed E-state index contributed by atoms with van der Waals surface area (Å²) in [5.74, 6) is -0.960. The van der Waals surface area contributed by atoms with E-state index in [1.807, 2.05) is 36.5 Å². The maximum absolute atomic E-state index is 13.0. The lowest BCUT2D eigenvalue weighted by Gasteiger charge is -2.14. The van der Waals surface area contributed by atoms with Gasteiger partial charge in [-0.2, -0.15) is 18.3 Å². The van der Waals surface area contributed by atoms with Crippen LogP contribution < -0.4 is 5.32 Å². The lowest BCUT2D eigenvalue weighted by molar-refractivity contribution is -0.137. The third-order valence-electron chi connectivity index (χ3n) is 6.85. The summed E-state index contributed by atoms with van der Waals surface area (Å²) >= 11 is 0. The molecule has 0 unspecified atom stereocenters. The van der Waals surface area contributed by atoms with Crippen molar-refractivity contribution < 1.29 is 23.1 Å². The van der Waals surface area contributed by atoms with E-state index >= 15 is 0 Å². The van der Waals surface area contributed by atoms with Gasteiger partial charge < -0.3 is 10.4 Å². The van der Waals surface area contributed by atoms with Gasteiger partial charge in [0.1, 0.15) is 5.69 Å². The zero-order chi connectivity index (χ0) is 26.7. The second-order valence-electron chi connectivity index (χ2n) is 9.37. The molecule has 0 fully saturated rings. The topological polar surface area (TPSA) is 80.0 Å². The highest BCUT2D eigenvalue weighted by atomic mass is 19.4. The van der Waals surface area contributed by atoms with Gasteiger partial charge >= 0.3 is 12.1 Å². The monoisotopic (exact) mass is 520 g/mol. The number of hydrogen-bond donors (Lipinski definition) is 2. The Morgan fingerprint density at radius 1 is 1.03 bits per heavy atom. The lowest BCUT2D eigenvalue weighted by atomic mass is 9.90. The van der Waals surface area contributed by atoms with Gasteiger partial charge in [-0.05, 0) is 79.2 Å². The molecule has 196 valence electrons. The van der Waals surface area contributed by atoms with Crippen molar-refractivity contribution in [3.8, 4) is 22.4 Å². The van der Waals surface area contributed by atoms with Gasteiger partial charge in [-0.1, -0.05) is 36.4 Å². The molecule has 0 bridgehead atoms. The van der Waals surface area contributed by atoms with Gasteiger partial charge in [-0.25, -0.2) is 4.79 Å². The van der Waals surface area contributed by atoms with Crippen molar-refractivity contribution in [2.24, 2.45) is 0 Å². The Morgan fingerprint density at radius 2 is 1.84 bits per heavy atom. The molecular formula is C29H27F3N4O2. The highest BCUT2D eigenvalue weighted by molar-refractivity contribution is 5.90. The Hall–Kier alpha value is -3.98. The third kappa shape index (κ3) is 5.47. The number of rotatable bonds is 9. The van der Waals surface area contributed by atoms with Crippen LogP contribution in [0.15, 0.2) is 67.0 Å². The van der Waals surface area contributed by atoms with E-state index in [9.17, 15) is 23.1 Å². The Balaban J connectivity index is 1.13. The number of pyridine rings is 1. The second kappa shape index (κ2) is 10.8. The van der Waals surface area contributed by atoms with Crippen LogP contribution in [0.4, 0.5) is 13.2 Å². The van der Waals surface area contributed by atoms with Gasteiger partial charge in [-0.15, -0.1) is 0 Å². The number of nitrogens with zero attached hydrogens (tertiary/aromatic N) is 3. The summed E-state index contributed by atoms with van der Waals surface area (Å²) in [6.45, 7) is 1.92. The van der Waals surface area contributed by atoms with E-state index in [2.05, 4.69) is 15.4 Å². The van der Waals surface area contributed by atoms with Crippen molar-refractivity contribution in [2.45, 2.75) is 38.4 Å². The maximum Gasteiger partial charge on any atom is 0.416 e. The van der Waals surface area contributed by atoms with Crippen molar-refractivity contribution in [1.82, 2.24) is 20.1 Å². The molecule has 0 saturated carbocycles. The zero-order valence-electron chi connectivity index (χ0n) is 20.6. The molecule has 0 amide bonds. The molecule has 0 saturated heterocycles. The fourth-order valence-electron chi connectivity index (χ4n) is 4.92. The number of alkyl halides is 3. The van der Waals surface area contributed by atoms with Crippen molar-refractivity contribution in [3.05, 3.63) is 94.9 Å². The highest BCUT2D eigenvalue weighted by Gasteiger charge is 2.30. The molecule has 0 radical (unpaired) electrons. The first-order valence-electron chi connectivity index (χ1n) is 12.5. The molecule has 2 aromatic heterocycles. The van der Waals surface area contributed by atoms with Crippen LogP contribution in [0.3, 0.4) is 0 Å². The Labute approximate surface area is 218 Å². The summed E-state index contributed by atoms with van der Waals surface area (Å²) < 4.78 is 40.6. The Kier molecular flexibility index (Phi) is 7.28. The summed E-state index contributed by atoms with van der Waals surface area (Å²) in [4.78, 5) is 16.2. The molecular weight excluding hydrogens is 493 g/mol. The lowest BCUT2D eigenvalue weighted by Crippen LogP contribution is -2.21. The molecule has 2 N–H and O–H groups in total. The first kappa shape index (κ1) is 25.7. The number of aromatic carboxylic acids is 1. The number of benzene rings is 2. The molecule has 1 aliphatic carbocycles. The summed E-state index contributed by atoms with van der Waals surface area (Å²) in [5.41, 5.74) is 5.54. The van der Waals surface area contributed by atoms with Crippen LogP contribution in [0.2, 0.25) is 0 Å². The molecule has 0 spiro atoms. The number of halogens is 3. The molecule has 0 atom stereocenters. The van der Waals surface area contributed by atoms with Crippen LogP contribution in [0.5, 0.6) is 0 Å². The molecule has 2 heterocycles. The normalized spacial score (nSPS) is 12.7. The van der Waals surface area contributed by atoms with Crippen LogP contribution in [0.25, 0.3) is 22.4 Å². The second-order valence-corrected chi connectivity index (χ2v) is 9.37. The highest BCUT2D eigenvalue weighted by Crippen LogP contribution is 2.34. The van der Waals surface area contributed by atoms with Gasteiger partial charge in [-0.3, -0.25) is 9.67 Å². The summed E-state index contributed by atoms with van der Waals surface area (Å²) in [5, 5.41) is 17.9. The van der Waals surface area contributed by atoms with Crippen LogP contribution in [0.1, 0.15) is 39.2 Å². The molecule has 6 nitrogen and oxygen atoms in total. The quantitative estimate of drug-likeness (QED) is 0.279. The van der Waals surface area contributed by atoms with Crippen LogP contribution in [0, 0.1) is 0 Å². The zero-order valence-corrected chi connectivity index (χ0v) is 20.6. The Bertz CT molecular complexity index is 1450. The minimum atomic E-state index is -4.36. The molecule has 1 aliphatic rings. The van der Waals surface area contributed by atoms with E-state index in [4.69, 9.17) is 0 Å². The van der Waals surface area contributed by atoms with Crippen LogP contribution in [-0.2, 0) is 32.0 Å². The van der Waals surface area contributed by atoms with Gasteiger partial charge in [0.15, 0.2) is 0 Å². The minimum Gasteiger partial charge on any atom is -0.477 e. The fourth-order valence-corrected chi connectivity index (χ4v) is 4.92. The number of hydrogen-bond acceptors (Lipinski definition) is 4. The van der Waals surface area contributed by atoms with E-state index in [-0.39, 0.29) is 5.69 Å². The van der Waals surface area contributed by atoms with Gasteiger partial charge in [0.25, 0.3) is 0 Å². The first-order valence-corrected chi connectivity index (χ1v) is 12.5. The number of carbonyl (C=O) groups is 1. The number of fused-ring (bicyclic) bond motifs is 3. The molecule has 4 aromatic rings. The van der Waals surface area contributed by atoms with Crippen LogP contribution >= 0.6 is 0 Å². The summed E-state index contributed by atoms with van der Waals surface area (Å²) in [6, 6.07) is 14.8. The molecule has 2 aromatic carbocycles. The fraction of sp³-hybridized carbons (Fsp3) is 0.276. The SMILES string of the molecule is O=C(O)c1c2c(nn1CCCNCCc1ccc(-c3cccc(C(F)(F)F)c3)cc1)-c1ccncc1CC2. The average Bonchev–Trinajstić information content (AvgIpc) is 3.30. The average molecular weight is 521 g/mol. The maximum atomic E-state index is 13.0. The van der Waals surface area contributed by atoms with E-state index in [0.29, 0.717) is 25.1 Å². The number of carboxylic acid groups (broad SMARTS) is 1. The number of aryl methyl sites for hydroxylation is 2. The molecule has 5 rings (SSSR count). The molecule has 9 heteroatoms. The van der Waals surface area contributed by atoms with E-state index in [1.165, 1.54) is 6.07 Å². The van der Waals surface area contributed by atoms with E-state index < -0.39 is 17.7 Å². The number of aromatic nitrogens is 3. The smallest absolute Gasteiger partial charge is 0.416 e. The van der Waals surface area contributed by atoms with Gasteiger partial charge in [0, 0.05) is 30.1 Å². The summed E-state index contributed by atoms with van der Waals surface area (Å²) in [7, 11) is 0. The van der Waals surface area contributed by atoms with Gasteiger partial charge in [0.2, 0.25) is 0 Å². The standard InChI is InChI=1S/C29H27F3N4O2/c30-29(31,32)23-4-1-3-21(17-23)20-7-5-19(6-8-20)11-14-33-13-2-16-36-27(28(37)38)25-10-9-22-18-34-15-12-24(22)26(25)35-36/h1,3-8,12,15,17-18,33H,2,9-11,13-14,16H2,(H,37,38). The number of carboxylic acids is 1. The van der Waals surface area contributed by atoms with Crippen molar-refractivity contribution in [3.63, 3.8) is 0 Å². The largest absolute Gasteiger partial charge is 0.477 e. The molecule has 0 aliphatic heterocycles. The van der Waals surface area contributed by atoms with Crippen molar-refractivity contribution >= 4 is 5.97 Å². The predicted molar refractivity (Wildman–Crippen MR) is 138 cm³/mol. The van der Waals surface area contributed by atoms with Crippen molar-refractivity contribution in [2.75, 3.05) is 13.1 Å². The van der Waals surface area contributed by atoms with Crippen LogP contribution in [-0.4, -0.2) is 38.9 Å². The van der Waals surface area contributed by atoms with E-state index in [1.54, 1.807) is 16.9 Å². The van der Waals surface area contributed by atoms with E-state index in [0.717, 1.165) is 71.5 Å². The Morgan fingerprint density at radius 3 is 2.61 bits per heavy atom. The third-order valence-corrected chi connectivity index (χ3v) is 6.85. The summed E-state index contributed by atoms with van der Waals surface area (Å²) in [6.07, 6.45) is 2.04. The van der Waals surface area contributed by atoms with Crippen molar-refractivity contribution in [1.29, 1.82) is 0 Å².